The van der Waals surface area contributed by atoms with Crippen molar-refractivity contribution in [3.8, 4) is 0 Å². The molecule has 0 radical (unpaired) electrons. The van der Waals surface area contributed by atoms with Crippen molar-refractivity contribution in [1.82, 2.24) is 4.90 Å². The number of hydrogen-bond donors (Lipinski definition) is 1. The van der Waals surface area contributed by atoms with E-state index < -0.39 is 0 Å². The number of hydrogen-bond acceptors (Lipinski definition) is 2. The van der Waals surface area contributed by atoms with Crippen LogP contribution in [0, 0.1) is 11.8 Å². The summed E-state index contributed by atoms with van der Waals surface area (Å²) >= 11 is 0. The van der Waals surface area contributed by atoms with Crippen LogP contribution in [0.2, 0.25) is 0 Å². The summed E-state index contributed by atoms with van der Waals surface area (Å²) in [5, 5.41) is 0. The van der Waals surface area contributed by atoms with Crippen molar-refractivity contribution in [1.29, 1.82) is 0 Å². The van der Waals surface area contributed by atoms with E-state index in [9.17, 15) is 4.79 Å². The predicted octanol–water partition coefficient (Wildman–Crippen LogP) is 1.37. The van der Waals surface area contributed by atoms with E-state index in [1.807, 2.05) is 4.90 Å². The summed E-state index contributed by atoms with van der Waals surface area (Å²) in [6, 6.07) is 0.534. The highest BCUT2D eigenvalue weighted by atomic mass is 16.2. The van der Waals surface area contributed by atoms with Crippen molar-refractivity contribution in [3.63, 3.8) is 0 Å². The molecule has 1 aliphatic carbocycles. The van der Waals surface area contributed by atoms with Gasteiger partial charge in [0.25, 0.3) is 0 Å². The Morgan fingerprint density at radius 1 is 1.33 bits per heavy atom. The van der Waals surface area contributed by atoms with Crippen LogP contribution < -0.4 is 5.73 Å². The van der Waals surface area contributed by atoms with Gasteiger partial charge in [0.05, 0.1) is 0 Å². The van der Waals surface area contributed by atoms with Crippen LogP contribution in [-0.2, 0) is 4.79 Å². The number of amides is 1. The second-order valence-corrected chi connectivity index (χ2v) is 5.47. The van der Waals surface area contributed by atoms with Crippen LogP contribution >= 0.6 is 0 Å². The molecule has 2 fully saturated rings. The molecule has 1 aliphatic heterocycles. The standard InChI is InChI=1S/C12H22N2O/c1-8-3-4-11(9(2)5-8)14-7-10(13)6-12(14)15/h8-11H,3-7,13H2,1-2H3. The Balaban J connectivity index is 2.01. The van der Waals surface area contributed by atoms with E-state index in [4.69, 9.17) is 5.73 Å². The molecule has 1 saturated heterocycles. The number of carbonyl (C=O) groups excluding carboxylic acids is 1. The first kappa shape index (κ1) is 10.9. The third kappa shape index (κ3) is 2.17. The molecule has 3 nitrogen and oxygen atoms in total. The fourth-order valence-electron chi connectivity index (χ4n) is 3.19. The molecule has 2 N–H and O–H groups in total. The quantitative estimate of drug-likeness (QED) is 0.710. The van der Waals surface area contributed by atoms with Crippen LogP contribution in [0.15, 0.2) is 0 Å². The first-order chi connectivity index (χ1) is 7.08. The van der Waals surface area contributed by atoms with E-state index in [1.165, 1.54) is 19.3 Å². The fraction of sp³-hybridized carbons (Fsp3) is 0.917. The largest absolute Gasteiger partial charge is 0.338 e. The van der Waals surface area contributed by atoms with Gasteiger partial charge in [0.15, 0.2) is 0 Å². The second-order valence-electron chi connectivity index (χ2n) is 5.47. The lowest BCUT2D eigenvalue weighted by Gasteiger charge is -2.38. The lowest BCUT2D eigenvalue weighted by molar-refractivity contribution is -0.131. The predicted molar refractivity (Wildman–Crippen MR) is 60.3 cm³/mol. The van der Waals surface area contributed by atoms with Crippen molar-refractivity contribution in [2.75, 3.05) is 6.54 Å². The molecule has 4 atom stereocenters. The topological polar surface area (TPSA) is 46.3 Å². The van der Waals surface area contributed by atoms with Crippen LogP contribution in [0.4, 0.5) is 0 Å². The van der Waals surface area contributed by atoms with Crippen molar-refractivity contribution in [3.05, 3.63) is 0 Å². The summed E-state index contributed by atoms with van der Waals surface area (Å²) in [6.07, 6.45) is 4.23. The van der Waals surface area contributed by atoms with Gasteiger partial charge in [-0.3, -0.25) is 4.79 Å². The summed E-state index contributed by atoms with van der Waals surface area (Å²) < 4.78 is 0. The van der Waals surface area contributed by atoms with Gasteiger partial charge in [0.1, 0.15) is 0 Å². The highest BCUT2D eigenvalue weighted by molar-refractivity contribution is 5.79. The van der Waals surface area contributed by atoms with Crippen LogP contribution in [0.25, 0.3) is 0 Å². The highest BCUT2D eigenvalue weighted by Gasteiger charge is 2.37. The van der Waals surface area contributed by atoms with E-state index in [0.717, 1.165) is 12.5 Å². The average Bonchev–Trinajstić information content (AvgIpc) is 2.45. The highest BCUT2D eigenvalue weighted by Crippen LogP contribution is 2.33. The van der Waals surface area contributed by atoms with Crippen molar-refractivity contribution >= 4 is 5.91 Å². The second kappa shape index (κ2) is 4.12. The normalized spacial score (nSPS) is 42.3. The van der Waals surface area contributed by atoms with Gasteiger partial charge in [0.2, 0.25) is 5.91 Å². The minimum Gasteiger partial charge on any atom is -0.338 e. The third-order valence-corrected chi connectivity index (χ3v) is 3.97. The first-order valence-corrected chi connectivity index (χ1v) is 6.13. The van der Waals surface area contributed by atoms with Crippen molar-refractivity contribution in [2.45, 2.75) is 51.6 Å². The molecule has 4 unspecified atom stereocenters. The van der Waals surface area contributed by atoms with Crippen LogP contribution in [0.5, 0.6) is 0 Å². The summed E-state index contributed by atoms with van der Waals surface area (Å²) in [5.74, 6) is 1.74. The molecule has 0 bridgehead atoms. The molecule has 0 aromatic heterocycles. The molecule has 86 valence electrons. The van der Waals surface area contributed by atoms with E-state index in [0.29, 0.717) is 18.4 Å². The molecule has 0 spiro atoms. The first-order valence-electron chi connectivity index (χ1n) is 6.13. The van der Waals surface area contributed by atoms with Gasteiger partial charge in [0, 0.05) is 25.0 Å². The lowest BCUT2D eigenvalue weighted by atomic mass is 9.79. The molecule has 2 aliphatic rings. The van der Waals surface area contributed by atoms with Gasteiger partial charge in [-0.25, -0.2) is 0 Å². The molecule has 0 aromatic carbocycles. The molecular formula is C12H22N2O. The minimum absolute atomic E-state index is 0.0732. The van der Waals surface area contributed by atoms with Crippen molar-refractivity contribution < 1.29 is 4.79 Å². The zero-order valence-corrected chi connectivity index (χ0v) is 9.78. The monoisotopic (exact) mass is 210 g/mol. The molecule has 1 saturated carbocycles. The lowest BCUT2D eigenvalue weighted by Crippen LogP contribution is -2.44. The van der Waals surface area contributed by atoms with Crippen LogP contribution in [0.3, 0.4) is 0 Å². The van der Waals surface area contributed by atoms with Gasteiger partial charge in [-0.1, -0.05) is 13.8 Å². The van der Waals surface area contributed by atoms with E-state index >= 15 is 0 Å². The SMILES string of the molecule is CC1CCC(N2CC(N)CC2=O)C(C)C1. The molecule has 1 heterocycles. The Bertz CT molecular complexity index is 254. The maximum absolute atomic E-state index is 11.8. The minimum atomic E-state index is 0.0732. The zero-order valence-electron chi connectivity index (χ0n) is 9.78. The average molecular weight is 210 g/mol. The van der Waals surface area contributed by atoms with Crippen LogP contribution in [-0.4, -0.2) is 29.4 Å². The van der Waals surface area contributed by atoms with E-state index in [-0.39, 0.29) is 11.9 Å². The zero-order chi connectivity index (χ0) is 11.0. The smallest absolute Gasteiger partial charge is 0.224 e. The Hall–Kier alpha value is -0.570. The Labute approximate surface area is 92.0 Å². The van der Waals surface area contributed by atoms with Gasteiger partial charge in [-0.05, 0) is 31.1 Å². The third-order valence-electron chi connectivity index (χ3n) is 3.97. The molecular weight excluding hydrogens is 188 g/mol. The molecule has 0 aromatic rings. The van der Waals surface area contributed by atoms with Crippen LogP contribution in [0.1, 0.15) is 39.5 Å². The summed E-state index contributed by atoms with van der Waals surface area (Å²) in [4.78, 5) is 13.8. The van der Waals surface area contributed by atoms with Gasteiger partial charge in [-0.15, -0.1) is 0 Å². The van der Waals surface area contributed by atoms with Gasteiger partial charge >= 0.3 is 0 Å². The Morgan fingerprint density at radius 2 is 2.07 bits per heavy atom. The van der Waals surface area contributed by atoms with Gasteiger partial charge in [-0.2, -0.15) is 0 Å². The number of likely N-dealkylation sites (tertiary alicyclic amines) is 1. The van der Waals surface area contributed by atoms with Crippen molar-refractivity contribution in [2.24, 2.45) is 17.6 Å². The maximum atomic E-state index is 11.8. The number of rotatable bonds is 1. The Morgan fingerprint density at radius 3 is 2.60 bits per heavy atom. The Kier molecular flexibility index (Phi) is 3.01. The fourth-order valence-corrected chi connectivity index (χ4v) is 3.19. The number of carbonyl (C=O) groups is 1. The summed E-state index contributed by atoms with van der Waals surface area (Å²) in [6.45, 7) is 5.37. The van der Waals surface area contributed by atoms with E-state index in [2.05, 4.69) is 13.8 Å². The molecule has 3 heteroatoms. The number of nitrogens with two attached hydrogens (primary N) is 1. The molecule has 15 heavy (non-hydrogen) atoms. The summed E-state index contributed by atoms with van der Waals surface area (Å²) in [5.41, 5.74) is 5.83. The molecule has 2 rings (SSSR count). The summed E-state index contributed by atoms with van der Waals surface area (Å²) in [7, 11) is 0. The maximum Gasteiger partial charge on any atom is 0.224 e. The number of nitrogens with zero attached hydrogens (tertiary/aromatic N) is 1. The van der Waals surface area contributed by atoms with E-state index in [1.54, 1.807) is 0 Å². The molecule has 1 amide bonds. The van der Waals surface area contributed by atoms with Gasteiger partial charge < -0.3 is 10.6 Å².